The van der Waals surface area contributed by atoms with Crippen molar-refractivity contribution in [1.82, 2.24) is 83.5 Å². The van der Waals surface area contributed by atoms with Crippen LogP contribution in [-0.2, 0) is 82.8 Å². The van der Waals surface area contributed by atoms with Crippen LogP contribution in [0, 0.1) is 25.7 Å². The summed E-state index contributed by atoms with van der Waals surface area (Å²) in [4.78, 5) is 185. The van der Waals surface area contributed by atoms with Crippen LogP contribution in [-0.4, -0.2) is 228 Å². The summed E-state index contributed by atoms with van der Waals surface area (Å²) < 4.78 is 27.5. The third kappa shape index (κ3) is 29.7. The van der Waals surface area contributed by atoms with Crippen LogP contribution >= 0.6 is 0 Å². The van der Waals surface area contributed by atoms with Crippen LogP contribution in [0.2, 0.25) is 0 Å². The molecule has 40 nitrogen and oxygen atoms in total. The van der Waals surface area contributed by atoms with E-state index in [4.69, 9.17) is 38.8 Å². The summed E-state index contributed by atoms with van der Waals surface area (Å²) in [5.41, 5.74) is 35.2. The number of unbranched alkanes of at least 4 members (excludes halogenated alkanes) is 2. The Morgan fingerprint density at radius 2 is 1.13 bits per heavy atom. The number of aromatic nitrogens is 4. The van der Waals surface area contributed by atoms with Gasteiger partial charge in [0.25, 0.3) is 0 Å². The number of rotatable bonds is 37. The van der Waals surface area contributed by atoms with Gasteiger partial charge >= 0.3 is 6.03 Å². The zero-order valence-electron chi connectivity index (χ0n) is 73.1. The van der Waals surface area contributed by atoms with Crippen molar-refractivity contribution in [1.29, 1.82) is 0 Å². The van der Waals surface area contributed by atoms with Crippen LogP contribution in [0.4, 0.5) is 27.9 Å². The number of nitrogens with two attached hydrogens (primary N) is 6. The Labute approximate surface area is 733 Å². The van der Waals surface area contributed by atoms with Gasteiger partial charge in [-0.25, -0.2) is 28.2 Å². The average Bonchev–Trinajstić information content (AvgIpc) is 1.57. The van der Waals surface area contributed by atoms with Gasteiger partial charge in [0.15, 0.2) is 0 Å². The molecule has 688 valence electrons. The summed E-state index contributed by atoms with van der Waals surface area (Å²) >= 11 is 0. The molecule has 3 heterocycles. The summed E-state index contributed by atoms with van der Waals surface area (Å²) in [6, 6.07) is 9.36. The van der Waals surface area contributed by atoms with E-state index in [-0.39, 0.29) is 113 Å². The number of hydrogen-bond acceptors (Lipinski definition) is 25. The fraction of sp³-hybridized carbons (Fsp3) is 0.518. The zero-order valence-corrected chi connectivity index (χ0v) is 73.9. The fourth-order valence-electron chi connectivity index (χ4n) is 14.1. The Balaban J connectivity index is 1.18. The van der Waals surface area contributed by atoms with E-state index in [0.717, 1.165) is 46.4 Å². The van der Waals surface area contributed by atoms with Crippen molar-refractivity contribution < 1.29 is 76.2 Å². The second-order valence-electron chi connectivity index (χ2n) is 32.4. The largest absolute Gasteiger partial charge is 0.391 e. The number of aliphatic hydroxyl groups is 2. The molecule has 1 fully saturated rings. The van der Waals surface area contributed by atoms with Crippen molar-refractivity contribution in [3.8, 4) is 11.1 Å². The van der Waals surface area contributed by atoms with Crippen molar-refractivity contribution in [2.24, 2.45) is 52.7 Å². The van der Waals surface area contributed by atoms with Crippen molar-refractivity contribution in [2.75, 3.05) is 56.1 Å². The van der Waals surface area contributed by atoms with Gasteiger partial charge in [0.2, 0.25) is 81.0 Å². The average molecular weight is 1770 g/mol. The van der Waals surface area contributed by atoms with Crippen LogP contribution in [0.3, 0.4) is 0 Å². The molecule has 2 aromatic heterocycles. The molecule has 6 aromatic rings. The number of aliphatic hydroxyl groups excluding tert-OH is 2. The Morgan fingerprint density at radius 1 is 0.587 bits per heavy atom. The van der Waals surface area contributed by atoms with Crippen molar-refractivity contribution in [3.63, 3.8) is 0 Å². The van der Waals surface area contributed by atoms with Gasteiger partial charge in [-0.05, 0) is 188 Å². The molecule has 1 saturated heterocycles. The molecule has 0 aliphatic carbocycles. The number of urea groups is 1. The molecule has 12 atom stereocenters. The quantitative estimate of drug-likeness (QED) is 0.0212. The first kappa shape index (κ1) is 101. The number of primary sulfonamides is 1. The highest BCUT2D eigenvalue weighted by Crippen LogP contribution is 2.32. The molecule has 4 aromatic carbocycles. The lowest BCUT2D eigenvalue weighted by Gasteiger charge is -2.29. The number of fused-ring (bicyclic) bond motifs is 1. The zero-order chi connectivity index (χ0) is 92.8. The van der Waals surface area contributed by atoms with Crippen LogP contribution in [0.15, 0.2) is 102 Å². The minimum Gasteiger partial charge on any atom is -0.391 e. The van der Waals surface area contributed by atoms with E-state index in [9.17, 15) is 66.6 Å². The van der Waals surface area contributed by atoms with Gasteiger partial charge in [-0.1, -0.05) is 102 Å². The van der Waals surface area contributed by atoms with Gasteiger partial charge in [-0.2, -0.15) is 10.1 Å². The van der Waals surface area contributed by atoms with E-state index >= 15 is 9.59 Å². The van der Waals surface area contributed by atoms with Gasteiger partial charge < -0.3 is 108 Å². The van der Waals surface area contributed by atoms with Crippen LogP contribution < -0.4 is 107 Å². The number of carbonyl (C=O) groups excluding carboxylic acids is 12. The number of nitrogens with zero attached hydrogens (tertiary/aromatic N) is 6. The van der Waals surface area contributed by atoms with Crippen LogP contribution in [0.5, 0.6) is 0 Å². The number of sulfonamides is 1. The molecule has 41 heteroatoms. The first-order valence-electron chi connectivity index (χ1n) is 42.4. The number of aryl methyl sites for hydroxylation is 3. The number of hydrogen-bond donors (Lipinski definition) is 20. The Kier molecular flexibility index (Phi) is 39.2. The van der Waals surface area contributed by atoms with E-state index in [1.165, 1.54) is 32.2 Å². The molecule has 0 saturated carbocycles. The molecule has 126 heavy (non-hydrogen) atoms. The number of amides is 13. The molecule has 0 radical (unpaired) electrons. The van der Waals surface area contributed by atoms with E-state index < -0.39 is 167 Å². The van der Waals surface area contributed by atoms with Gasteiger partial charge in [0.1, 0.15) is 66.2 Å². The number of benzene rings is 4. The second-order valence-corrected chi connectivity index (χ2v) is 33.9. The number of nitrogens with one attached hydrogen (secondary N) is 12. The topological polar surface area (TPSA) is 630 Å². The maximum absolute atomic E-state index is 15.1. The SMILES string of the molecule is Cc1ccc(N(C(=O)NCc2ccc(-c3ccc(C[C@H]4NC(=O)C(CCN)NC(=O)[C@@H](NC(=O)[C@H](CCN)NC(=O)[C@@H](NC(=O)[C@@H](CCN)NC(=O)CCCCCC(C)C)[C@@H](C)O)CCNC(=O)[C@H]([C@@H](C)O)NC(=O)[C@H](CCN)NC(=O)[C@H](CCN)NC(=O)C(CC(C)C)NC4=O)cc3)cc2)c2nccc(N(C)c3ccc4c(C)n(C)nc4c3)n2)cc1S(N)(=O)=O. The molecule has 1 aliphatic heterocycles. The van der Waals surface area contributed by atoms with Gasteiger partial charge in [0.05, 0.1) is 28.3 Å². The molecule has 26 N–H and O–H groups in total. The second kappa shape index (κ2) is 48.7. The molecule has 1 aliphatic rings. The first-order chi connectivity index (χ1) is 59.8. The maximum Gasteiger partial charge on any atom is 0.329 e. The van der Waals surface area contributed by atoms with Gasteiger partial charge in [-0.3, -0.25) is 57.4 Å². The summed E-state index contributed by atoms with van der Waals surface area (Å²) in [5.74, 6) is -9.83. The summed E-state index contributed by atoms with van der Waals surface area (Å²) in [6.45, 7) is 12.1. The molecular weight excluding hydrogens is 1650 g/mol. The third-order valence-electron chi connectivity index (χ3n) is 21.3. The van der Waals surface area contributed by atoms with Crippen molar-refractivity contribution >= 4 is 115 Å². The minimum absolute atomic E-state index is 0.0399. The molecule has 13 amide bonds. The van der Waals surface area contributed by atoms with E-state index in [1.54, 1.807) is 98.1 Å². The van der Waals surface area contributed by atoms with E-state index in [1.807, 2.05) is 32.2 Å². The highest BCUT2D eigenvalue weighted by molar-refractivity contribution is 7.89. The fourth-order valence-corrected chi connectivity index (χ4v) is 14.9. The van der Waals surface area contributed by atoms with Crippen LogP contribution in [0.1, 0.15) is 141 Å². The Bertz CT molecular complexity index is 4860. The predicted octanol–water partition coefficient (Wildman–Crippen LogP) is -0.821. The van der Waals surface area contributed by atoms with E-state index in [2.05, 4.69) is 87.7 Å². The highest BCUT2D eigenvalue weighted by atomic mass is 32.2. The molecular formula is C85H126N24O16S. The monoisotopic (exact) mass is 1770 g/mol. The maximum atomic E-state index is 15.1. The molecule has 0 spiro atoms. The number of carbonyl (C=O) groups is 12. The lowest BCUT2D eigenvalue weighted by Crippen LogP contribution is -2.62. The molecule has 0 bridgehead atoms. The summed E-state index contributed by atoms with van der Waals surface area (Å²) in [6.07, 6.45) is -0.392. The normalized spacial score (nSPS) is 19.1. The van der Waals surface area contributed by atoms with Crippen LogP contribution in [0.25, 0.3) is 22.0 Å². The highest BCUT2D eigenvalue weighted by Gasteiger charge is 2.39. The Morgan fingerprint density at radius 3 is 1.70 bits per heavy atom. The lowest BCUT2D eigenvalue weighted by molar-refractivity contribution is -0.137. The molecule has 2 unspecified atom stereocenters. The first-order valence-corrected chi connectivity index (χ1v) is 43.9. The standard InChI is InChI=1S/C85H126N24O16S/c1-47(2)14-12-11-13-15-71(112)95-60(28-35-86)78(117)105-73(52(8)111)83(122)100-63(31-38-89)75(114)99-65-33-40-92-82(121)72(51(7)110)104-79(118)64(32-39-90)97-74(113)61(29-36-87)98-80(119)67(42-48(3)4)101-81(120)68(102-76(115)62(30-37-88)96-77(65)116)43-53-17-21-55(22-18-53)56-23-19-54(20-24-56)46-94-85(123)109(58-25-16-49(5)69(45-58)126(91,124)125)84-93-41-34-70(103-84)107(9)57-26-27-59-50(6)108(10)106-66(59)44-57/h16-27,34,41,44-45,47-48,51-52,60-65,67-68,72-73,110-111H,11-15,28-33,35-40,42-43,46,86-90H2,1-10H3,(H,92,121)(H,94,123)(H,95,112)(H,96,116)(H,97,113)(H,98,119)(H,99,114)(H,100,122)(H,101,120)(H,102,115)(H,104,118)(H,105,117)(H2,91,124,125)/t51-,52-,60-,61+,62?,63+,64+,65+,67?,68-,72+,73+/m1/s1. The van der Waals surface area contributed by atoms with Gasteiger partial charge in [-0.15, -0.1) is 0 Å². The van der Waals surface area contributed by atoms with Crippen molar-refractivity contribution in [3.05, 3.63) is 120 Å². The van der Waals surface area contributed by atoms with Crippen molar-refractivity contribution in [2.45, 2.75) is 223 Å². The minimum atomic E-state index is -4.27. The summed E-state index contributed by atoms with van der Waals surface area (Å²) in [5, 5.41) is 64.4. The van der Waals surface area contributed by atoms with E-state index in [0.29, 0.717) is 46.0 Å². The molecule has 7 rings (SSSR count). The van der Waals surface area contributed by atoms with Gasteiger partial charge in [0, 0.05) is 63.0 Å². The summed E-state index contributed by atoms with van der Waals surface area (Å²) in [7, 11) is -0.632. The lowest BCUT2D eigenvalue weighted by atomic mass is 9.98. The Hall–Kier alpha value is -11.7. The number of anilines is 4. The third-order valence-corrected chi connectivity index (χ3v) is 22.4. The smallest absolute Gasteiger partial charge is 0.329 e. The predicted molar refractivity (Wildman–Crippen MR) is 474 cm³/mol.